The lowest BCUT2D eigenvalue weighted by atomic mass is 10.3. The standard InChI is InChI=1S/C11H11F3N2O3/c12-11(13,14)6-18-4-3-16-8-2-1-7(15)5-9(8)19-10(16)17/h1-2,5H,3-4,6,15H2. The molecule has 0 aliphatic heterocycles. The average molecular weight is 276 g/mol. The third-order valence-corrected chi connectivity index (χ3v) is 2.42. The number of fused-ring (bicyclic) bond motifs is 1. The molecule has 0 aliphatic carbocycles. The number of nitrogens with zero attached hydrogens (tertiary/aromatic N) is 1. The summed E-state index contributed by atoms with van der Waals surface area (Å²) in [5, 5.41) is 0. The van der Waals surface area contributed by atoms with Crippen LogP contribution in [0.25, 0.3) is 11.1 Å². The van der Waals surface area contributed by atoms with Crippen molar-refractivity contribution >= 4 is 16.8 Å². The fourth-order valence-electron chi connectivity index (χ4n) is 1.64. The third kappa shape index (κ3) is 3.28. The normalized spacial score (nSPS) is 12.2. The summed E-state index contributed by atoms with van der Waals surface area (Å²) in [6, 6.07) is 4.62. The van der Waals surface area contributed by atoms with Gasteiger partial charge in [-0.1, -0.05) is 0 Å². The Hall–Kier alpha value is -1.96. The van der Waals surface area contributed by atoms with Gasteiger partial charge in [0.2, 0.25) is 0 Å². The molecule has 0 unspecified atom stereocenters. The monoisotopic (exact) mass is 276 g/mol. The van der Waals surface area contributed by atoms with Gasteiger partial charge in [-0.15, -0.1) is 0 Å². The Kier molecular flexibility index (Phi) is 3.52. The van der Waals surface area contributed by atoms with Crippen LogP contribution in [0.3, 0.4) is 0 Å². The molecule has 2 rings (SSSR count). The predicted molar refractivity (Wildman–Crippen MR) is 61.8 cm³/mol. The summed E-state index contributed by atoms with van der Waals surface area (Å²) in [5.41, 5.74) is 6.72. The van der Waals surface area contributed by atoms with Crippen LogP contribution < -0.4 is 11.5 Å². The summed E-state index contributed by atoms with van der Waals surface area (Å²) >= 11 is 0. The third-order valence-electron chi connectivity index (χ3n) is 2.42. The zero-order chi connectivity index (χ0) is 14.0. The van der Waals surface area contributed by atoms with Crippen molar-refractivity contribution < 1.29 is 22.3 Å². The summed E-state index contributed by atoms with van der Waals surface area (Å²) in [6.07, 6.45) is -4.38. The lowest BCUT2D eigenvalue weighted by Crippen LogP contribution is -2.22. The van der Waals surface area contributed by atoms with Gasteiger partial charge in [-0.05, 0) is 12.1 Å². The first kappa shape index (κ1) is 13.5. The van der Waals surface area contributed by atoms with E-state index in [1.807, 2.05) is 0 Å². The van der Waals surface area contributed by atoms with Gasteiger partial charge in [-0.25, -0.2) is 4.79 Å². The van der Waals surface area contributed by atoms with Gasteiger partial charge < -0.3 is 14.9 Å². The van der Waals surface area contributed by atoms with Crippen molar-refractivity contribution in [3.8, 4) is 0 Å². The molecule has 0 fully saturated rings. The van der Waals surface area contributed by atoms with Crippen molar-refractivity contribution in [3.05, 3.63) is 28.7 Å². The number of nitrogen functional groups attached to an aromatic ring is 1. The van der Waals surface area contributed by atoms with E-state index in [0.717, 1.165) is 0 Å². The Labute approximate surface area is 105 Å². The van der Waals surface area contributed by atoms with Gasteiger partial charge in [0.05, 0.1) is 18.7 Å². The highest BCUT2D eigenvalue weighted by Crippen LogP contribution is 2.17. The van der Waals surface area contributed by atoms with Crippen LogP contribution >= 0.6 is 0 Å². The Balaban J connectivity index is 2.09. The highest BCUT2D eigenvalue weighted by Gasteiger charge is 2.27. The molecule has 0 spiro atoms. The second-order valence-electron chi connectivity index (χ2n) is 3.91. The number of hydrogen-bond donors (Lipinski definition) is 1. The van der Waals surface area contributed by atoms with Crippen molar-refractivity contribution in [2.45, 2.75) is 12.7 Å². The van der Waals surface area contributed by atoms with E-state index < -0.39 is 18.5 Å². The maximum absolute atomic E-state index is 11.9. The van der Waals surface area contributed by atoms with Crippen LogP contribution in [-0.2, 0) is 11.3 Å². The molecule has 1 aromatic heterocycles. The van der Waals surface area contributed by atoms with Crippen LogP contribution in [0.4, 0.5) is 18.9 Å². The van der Waals surface area contributed by atoms with E-state index in [0.29, 0.717) is 16.8 Å². The smallest absolute Gasteiger partial charge is 0.408 e. The number of nitrogens with two attached hydrogens (primary N) is 1. The second kappa shape index (κ2) is 4.96. The average Bonchev–Trinajstić information content (AvgIpc) is 2.58. The topological polar surface area (TPSA) is 70.4 Å². The molecule has 0 bridgehead atoms. The number of anilines is 1. The second-order valence-corrected chi connectivity index (χ2v) is 3.91. The number of hydrogen-bond acceptors (Lipinski definition) is 4. The minimum atomic E-state index is -4.38. The minimum absolute atomic E-state index is 0.0220. The van der Waals surface area contributed by atoms with E-state index in [1.54, 1.807) is 12.1 Å². The number of halogens is 3. The molecular weight excluding hydrogens is 265 g/mol. The Morgan fingerprint density at radius 3 is 2.79 bits per heavy atom. The van der Waals surface area contributed by atoms with Gasteiger partial charge in [0.25, 0.3) is 0 Å². The summed E-state index contributed by atoms with van der Waals surface area (Å²) in [6.45, 7) is -1.60. The van der Waals surface area contributed by atoms with Gasteiger partial charge >= 0.3 is 11.9 Å². The number of oxazole rings is 1. The van der Waals surface area contributed by atoms with E-state index in [-0.39, 0.29) is 13.2 Å². The zero-order valence-electron chi connectivity index (χ0n) is 9.74. The first-order valence-electron chi connectivity index (χ1n) is 5.40. The lowest BCUT2D eigenvalue weighted by molar-refractivity contribution is -0.174. The molecule has 5 nitrogen and oxygen atoms in total. The SMILES string of the molecule is Nc1ccc2c(c1)oc(=O)n2CCOCC(F)(F)F. The first-order valence-corrected chi connectivity index (χ1v) is 5.40. The van der Waals surface area contributed by atoms with E-state index in [1.165, 1.54) is 10.6 Å². The molecule has 104 valence electrons. The van der Waals surface area contributed by atoms with Gasteiger partial charge in [0.15, 0.2) is 5.58 Å². The predicted octanol–water partition coefficient (Wildman–Crippen LogP) is 1.76. The number of rotatable bonds is 4. The van der Waals surface area contributed by atoms with Crippen molar-refractivity contribution in [3.63, 3.8) is 0 Å². The summed E-state index contributed by atoms with van der Waals surface area (Å²) < 4.78 is 46.2. The number of alkyl halides is 3. The van der Waals surface area contributed by atoms with Crippen molar-refractivity contribution in [2.75, 3.05) is 18.9 Å². The van der Waals surface area contributed by atoms with Crippen LogP contribution in [0.1, 0.15) is 0 Å². The first-order chi connectivity index (χ1) is 8.87. The molecule has 0 saturated carbocycles. The number of ether oxygens (including phenoxy) is 1. The minimum Gasteiger partial charge on any atom is -0.408 e. The number of benzene rings is 1. The molecule has 0 saturated heterocycles. The van der Waals surface area contributed by atoms with Gasteiger partial charge in [0.1, 0.15) is 6.61 Å². The number of aromatic nitrogens is 1. The fraction of sp³-hybridized carbons (Fsp3) is 0.364. The molecule has 0 aliphatic rings. The van der Waals surface area contributed by atoms with Crippen LogP contribution in [0, 0.1) is 0 Å². The van der Waals surface area contributed by atoms with Crippen LogP contribution in [0.15, 0.2) is 27.4 Å². The zero-order valence-corrected chi connectivity index (χ0v) is 9.74. The molecule has 0 amide bonds. The summed E-state index contributed by atoms with van der Waals surface area (Å²) in [5.74, 6) is -0.656. The van der Waals surface area contributed by atoms with Crippen molar-refractivity contribution in [2.24, 2.45) is 0 Å². The molecule has 1 heterocycles. The van der Waals surface area contributed by atoms with Crippen LogP contribution in [-0.4, -0.2) is 24.0 Å². The molecular formula is C11H11F3N2O3. The Morgan fingerprint density at radius 1 is 1.37 bits per heavy atom. The highest BCUT2D eigenvalue weighted by molar-refractivity contribution is 5.76. The largest absolute Gasteiger partial charge is 0.420 e. The summed E-state index contributed by atoms with van der Waals surface area (Å²) in [4.78, 5) is 11.5. The summed E-state index contributed by atoms with van der Waals surface area (Å²) in [7, 11) is 0. The van der Waals surface area contributed by atoms with E-state index >= 15 is 0 Å². The molecule has 8 heteroatoms. The molecule has 0 radical (unpaired) electrons. The Morgan fingerprint density at radius 2 is 2.11 bits per heavy atom. The van der Waals surface area contributed by atoms with E-state index in [9.17, 15) is 18.0 Å². The highest BCUT2D eigenvalue weighted by atomic mass is 19.4. The van der Waals surface area contributed by atoms with E-state index in [2.05, 4.69) is 4.74 Å². The quantitative estimate of drug-likeness (QED) is 0.682. The van der Waals surface area contributed by atoms with Crippen molar-refractivity contribution in [1.29, 1.82) is 0 Å². The van der Waals surface area contributed by atoms with Crippen LogP contribution in [0.5, 0.6) is 0 Å². The van der Waals surface area contributed by atoms with Gasteiger partial charge in [0, 0.05) is 11.8 Å². The molecule has 2 N–H and O–H groups in total. The van der Waals surface area contributed by atoms with Crippen molar-refractivity contribution in [1.82, 2.24) is 4.57 Å². The lowest BCUT2D eigenvalue weighted by Gasteiger charge is -2.07. The Bertz CT molecular complexity index is 630. The maximum Gasteiger partial charge on any atom is 0.420 e. The van der Waals surface area contributed by atoms with Crippen LogP contribution in [0.2, 0.25) is 0 Å². The fourth-order valence-corrected chi connectivity index (χ4v) is 1.64. The molecule has 2 aromatic rings. The molecule has 0 atom stereocenters. The van der Waals surface area contributed by atoms with Gasteiger partial charge in [-0.2, -0.15) is 13.2 Å². The maximum atomic E-state index is 11.9. The molecule has 19 heavy (non-hydrogen) atoms. The van der Waals surface area contributed by atoms with Gasteiger partial charge in [-0.3, -0.25) is 4.57 Å². The molecule has 1 aromatic carbocycles. The van der Waals surface area contributed by atoms with E-state index in [4.69, 9.17) is 10.2 Å².